The minimum atomic E-state index is -3.59. The number of benzene rings is 1. The number of carbonyl (C=O) groups excluding carboxylic acids is 1. The van der Waals surface area contributed by atoms with Crippen LogP contribution in [0.5, 0.6) is 5.75 Å². The Morgan fingerprint density at radius 3 is 2.26 bits per heavy atom. The van der Waals surface area contributed by atoms with Gasteiger partial charge in [-0.05, 0) is 37.1 Å². The van der Waals surface area contributed by atoms with Gasteiger partial charge in [0.25, 0.3) is 0 Å². The van der Waals surface area contributed by atoms with Crippen LogP contribution in [0.25, 0.3) is 0 Å². The van der Waals surface area contributed by atoms with Crippen molar-refractivity contribution in [2.75, 3.05) is 53.0 Å². The number of hydrogen-bond acceptors (Lipinski definition) is 6. The molecule has 1 aromatic rings. The number of nitrogens with two attached hydrogens (primary N) is 1. The zero-order chi connectivity index (χ0) is 19.5. The van der Waals surface area contributed by atoms with Gasteiger partial charge in [-0.2, -0.15) is 4.31 Å². The fourth-order valence-electron chi connectivity index (χ4n) is 3.63. The van der Waals surface area contributed by atoms with Crippen LogP contribution in [0.4, 0.5) is 0 Å². The molecule has 0 spiro atoms. The Morgan fingerprint density at radius 2 is 1.74 bits per heavy atom. The molecule has 0 aromatic heterocycles. The highest BCUT2D eigenvalue weighted by Crippen LogP contribution is 2.32. The van der Waals surface area contributed by atoms with Crippen LogP contribution in [0, 0.1) is 5.41 Å². The van der Waals surface area contributed by atoms with Crippen molar-refractivity contribution < 1.29 is 22.7 Å². The quantitative estimate of drug-likeness (QED) is 0.766. The van der Waals surface area contributed by atoms with Crippen LogP contribution in [-0.4, -0.2) is 76.6 Å². The smallest absolute Gasteiger partial charge is 0.243 e. The first-order valence-corrected chi connectivity index (χ1v) is 10.6. The Hall–Kier alpha value is -1.68. The average molecular weight is 397 g/mol. The molecule has 0 radical (unpaired) electrons. The van der Waals surface area contributed by atoms with E-state index in [-0.39, 0.29) is 23.9 Å². The lowest BCUT2D eigenvalue weighted by molar-refractivity contribution is -0.148. The van der Waals surface area contributed by atoms with Gasteiger partial charge in [-0.15, -0.1) is 0 Å². The van der Waals surface area contributed by atoms with Crippen molar-refractivity contribution >= 4 is 15.9 Å². The summed E-state index contributed by atoms with van der Waals surface area (Å²) < 4.78 is 37.5. The molecular formula is C18H27N3O5S. The number of nitrogens with zero attached hydrogens (tertiary/aromatic N) is 2. The first-order chi connectivity index (χ1) is 12.9. The number of rotatable bonds is 5. The third kappa shape index (κ3) is 3.96. The van der Waals surface area contributed by atoms with Crippen LogP contribution in [0.2, 0.25) is 0 Å². The van der Waals surface area contributed by atoms with Gasteiger partial charge < -0.3 is 20.1 Å². The number of sulfonamides is 1. The van der Waals surface area contributed by atoms with Crippen LogP contribution >= 0.6 is 0 Å². The maximum absolute atomic E-state index is 13.0. The van der Waals surface area contributed by atoms with Gasteiger partial charge in [-0.25, -0.2) is 8.42 Å². The Morgan fingerprint density at radius 1 is 1.15 bits per heavy atom. The van der Waals surface area contributed by atoms with Gasteiger partial charge in [0.1, 0.15) is 5.75 Å². The Balaban J connectivity index is 1.66. The van der Waals surface area contributed by atoms with Gasteiger partial charge in [-0.1, -0.05) is 0 Å². The Kier molecular flexibility index (Phi) is 6.05. The van der Waals surface area contributed by atoms with E-state index in [4.69, 9.17) is 15.2 Å². The van der Waals surface area contributed by atoms with E-state index in [1.807, 2.05) is 0 Å². The fraction of sp³-hybridized carbons (Fsp3) is 0.611. The van der Waals surface area contributed by atoms with Crippen molar-refractivity contribution in [3.8, 4) is 5.75 Å². The van der Waals surface area contributed by atoms with E-state index in [0.717, 1.165) is 0 Å². The molecule has 2 aliphatic rings. The Bertz CT molecular complexity index is 752. The number of hydrogen-bond donors (Lipinski definition) is 1. The number of carbonyl (C=O) groups is 1. The zero-order valence-corrected chi connectivity index (χ0v) is 16.4. The van der Waals surface area contributed by atoms with E-state index in [1.165, 1.54) is 23.5 Å². The molecule has 2 aliphatic heterocycles. The van der Waals surface area contributed by atoms with Crippen LogP contribution in [0.1, 0.15) is 12.8 Å². The molecule has 2 fully saturated rings. The highest BCUT2D eigenvalue weighted by Gasteiger charge is 2.42. The molecule has 0 unspecified atom stereocenters. The van der Waals surface area contributed by atoms with Gasteiger partial charge in [0.2, 0.25) is 15.9 Å². The van der Waals surface area contributed by atoms with Gasteiger partial charge in [0.05, 0.1) is 17.4 Å². The summed E-state index contributed by atoms with van der Waals surface area (Å²) in [6.07, 6.45) is 1.24. The number of amides is 1. The molecule has 1 aromatic carbocycles. The second kappa shape index (κ2) is 8.14. The van der Waals surface area contributed by atoms with Gasteiger partial charge in [0.15, 0.2) is 0 Å². The summed E-state index contributed by atoms with van der Waals surface area (Å²) in [6.45, 7) is 2.66. The lowest BCUT2D eigenvalue weighted by atomic mass is 9.78. The van der Waals surface area contributed by atoms with Crippen molar-refractivity contribution in [2.45, 2.75) is 17.7 Å². The standard InChI is InChI=1S/C18H27N3O5S/c1-25-15-2-4-16(5-3-15)27(23,24)21-10-8-20(9-11-21)17(22)18(14-19)6-12-26-13-7-18/h2-5H,6-14,19H2,1H3. The van der Waals surface area contributed by atoms with Crippen molar-refractivity contribution in [2.24, 2.45) is 11.1 Å². The fourth-order valence-corrected chi connectivity index (χ4v) is 5.05. The van der Waals surface area contributed by atoms with E-state index in [2.05, 4.69) is 0 Å². The highest BCUT2D eigenvalue weighted by atomic mass is 32.2. The predicted molar refractivity (Wildman–Crippen MR) is 99.9 cm³/mol. The minimum absolute atomic E-state index is 0.0230. The largest absolute Gasteiger partial charge is 0.497 e. The molecule has 9 heteroatoms. The lowest BCUT2D eigenvalue weighted by Gasteiger charge is -2.42. The van der Waals surface area contributed by atoms with Crippen molar-refractivity contribution in [1.82, 2.24) is 9.21 Å². The molecule has 0 atom stereocenters. The summed E-state index contributed by atoms with van der Waals surface area (Å²) in [5.41, 5.74) is 5.35. The second-order valence-corrected chi connectivity index (χ2v) is 8.91. The molecule has 8 nitrogen and oxygen atoms in total. The zero-order valence-electron chi connectivity index (χ0n) is 15.6. The monoisotopic (exact) mass is 397 g/mol. The third-order valence-corrected chi connectivity index (χ3v) is 7.43. The van der Waals surface area contributed by atoms with Crippen molar-refractivity contribution in [3.05, 3.63) is 24.3 Å². The number of piperazine rings is 1. The topological polar surface area (TPSA) is 102 Å². The molecular weight excluding hydrogens is 370 g/mol. The van der Waals surface area contributed by atoms with E-state index < -0.39 is 15.4 Å². The van der Waals surface area contributed by atoms with Crippen LogP contribution in [0.3, 0.4) is 0 Å². The number of ether oxygens (including phenoxy) is 2. The summed E-state index contributed by atoms with van der Waals surface area (Å²) in [4.78, 5) is 15.0. The van der Waals surface area contributed by atoms with Crippen LogP contribution in [0.15, 0.2) is 29.2 Å². The van der Waals surface area contributed by atoms with Crippen LogP contribution < -0.4 is 10.5 Å². The number of methoxy groups -OCH3 is 1. The minimum Gasteiger partial charge on any atom is -0.497 e. The maximum Gasteiger partial charge on any atom is 0.243 e. The van der Waals surface area contributed by atoms with Crippen molar-refractivity contribution in [3.63, 3.8) is 0 Å². The average Bonchev–Trinajstić information content (AvgIpc) is 2.73. The molecule has 150 valence electrons. The summed E-state index contributed by atoms with van der Waals surface area (Å²) in [5.74, 6) is 0.628. The van der Waals surface area contributed by atoms with Gasteiger partial charge in [0, 0.05) is 45.9 Å². The van der Waals surface area contributed by atoms with E-state index in [9.17, 15) is 13.2 Å². The molecule has 2 heterocycles. The molecule has 3 rings (SSSR count). The molecule has 0 saturated carbocycles. The summed E-state index contributed by atoms with van der Waals surface area (Å²) in [6, 6.07) is 6.33. The first-order valence-electron chi connectivity index (χ1n) is 9.14. The first kappa shape index (κ1) is 20.1. The second-order valence-electron chi connectivity index (χ2n) is 6.97. The summed E-state index contributed by atoms with van der Waals surface area (Å²) in [5, 5.41) is 0. The summed E-state index contributed by atoms with van der Waals surface area (Å²) in [7, 11) is -2.05. The molecule has 2 saturated heterocycles. The van der Waals surface area contributed by atoms with Crippen molar-refractivity contribution in [1.29, 1.82) is 0 Å². The van der Waals surface area contributed by atoms with E-state index in [0.29, 0.717) is 51.4 Å². The Labute approximate surface area is 160 Å². The lowest BCUT2D eigenvalue weighted by Crippen LogP contribution is -2.57. The molecule has 1 amide bonds. The predicted octanol–water partition coefficient (Wildman–Crippen LogP) is 0.284. The molecule has 0 bridgehead atoms. The normalized spacial score (nSPS) is 21.0. The van der Waals surface area contributed by atoms with E-state index in [1.54, 1.807) is 17.0 Å². The van der Waals surface area contributed by atoms with Crippen LogP contribution in [-0.2, 0) is 19.6 Å². The van der Waals surface area contributed by atoms with Gasteiger partial charge >= 0.3 is 0 Å². The molecule has 0 aliphatic carbocycles. The molecule has 2 N–H and O–H groups in total. The maximum atomic E-state index is 13.0. The van der Waals surface area contributed by atoms with Gasteiger partial charge in [-0.3, -0.25) is 4.79 Å². The molecule has 27 heavy (non-hydrogen) atoms. The highest BCUT2D eigenvalue weighted by molar-refractivity contribution is 7.89. The van der Waals surface area contributed by atoms with E-state index >= 15 is 0 Å². The third-order valence-electron chi connectivity index (χ3n) is 5.52. The SMILES string of the molecule is COc1ccc(S(=O)(=O)N2CCN(C(=O)C3(CN)CCOCC3)CC2)cc1. The summed E-state index contributed by atoms with van der Waals surface area (Å²) >= 11 is 0.